The smallest absolute Gasteiger partial charge is 0.426 e. The summed E-state index contributed by atoms with van der Waals surface area (Å²) in [5.74, 6) is 0. The van der Waals surface area contributed by atoms with Gasteiger partial charge in [0.1, 0.15) is 6.67 Å². The fourth-order valence-electron chi connectivity index (χ4n) is 7.07. The predicted octanol–water partition coefficient (Wildman–Crippen LogP) is 12.0. The molecule has 3 atom stereocenters. The third-order valence-corrected chi connectivity index (χ3v) is 11.2. The number of alkyl halides is 10. The van der Waals surface area contributed by atoms with E-state index in [1.165, 1.54) is 11.1 Å². The van der Waals surface area contributed by atoms with Gasteiger partial charge in [-0.1, -0.05) is 94.9 Å². The zero-order valence-corrected chi connectivity index (χ0v) is 37.1. The molecule has 3 unspecified atom stereocenters. The van der Waals surface area contributed by atoms with Crippen molar-refractivity contribution in [1.29, 1.82) is 0 Å². The predicted molar refractivity (Wildman–Crippen MR) is 227 cm³/mol. The molecule has 0 radical (unpaired) electrons. The van der Waals surface area contributed by atoms with E-state index >= 15 is 0 Å². The van der Waals surface area contributed by atoms with Gasteiger partial charge in [-0.3, -0.25) is 9.80 Å². The Kier molecular flexibility index (Phi) is 19.3. The van der Waals surface area contributed by atoms with Crippen molar-refractivity contribution in [2.75, 3.05) is 45.9 Å². The molecular formula is C43H44Cl4F10N4O3. The Labute approximate surface area is 383 Å². The minimum atomic E-state index is -5.77. The van der Waals surface area contributed by atoms with Gasteiger partial charge in [0, 0.05) is 71.4 Å². The van der Waals surface area contributed by atoms with Gasteiger partial charge in [0.15, 0.2) is 6.10 Å². The van der Waals surface area contributed by atoms with Crippen LogP contribution in [0.1, 0.15) is 48.2 Å². The van der Waals surface area contributed by atoms with Crippen molar-refractivity contribution >= 4 is 52.5 Å². The van der Waals surface area contributed by atoms with Crippen LogP contribution in [-0.4, -0.2) is 115 Å². The van der Waals surface area contributed by atoms with Gasteiger partial charge in [-0.15, -0.1) is 0 Å². The van der Waals surface area contributed by atoms with Crippen LogP contribution in [0.5, 0.6) is 0 Å². The molecule has 4 aromatic carbocycles. The Morgan fingerprint density at radius 2 is 0.984 bits per heavy atom. The van der Waals surface area contributed by atoms with Gasteiger partial charge in [-0.05, 0) is 84.6 Å². The molecule has 0 aromatic heterocycles. The van der Waals surface area contributed by atoms with Crippen molar-refractivity contribution in [3.63, 3.8) is 0 Å². The number of aliphatic hydroxyl groups is 1. The van der Waals surface area contributed by atoms with Crippen molar-refractivity contribution in [3.8, 4) is 0 Å². The lowest BCUT2D eigenvalue weighted by Crippen LogP contribution is -2.56. The SMILES string of the molecule is CC1CN(C(=O)OC(C(F)(F)F)C(F)(F)F)CCN1C(c1ccc(Cl)cc1)c1ccc(Cl)cc1.CC1CNCCN1C(c1ccc(Cl)cc1)c1ccc(Cl)cc1.OC(CF)C(F)(F)F. The van der Waals surface area contributed by atoms with Crippen LogP contribution in [0.25, 0.3) is 0 Å². The maximum absolute atomic E-state index is 12.8. The molecule has 21 heteroatoms. The van der Waals surface area contributed by atoms with Gasteiger partial charge in [-0.25, -0.2) is 9.18 Å². The highest BCUT2D eigenvalue weighted by Gasteiger charge is 2.60. The molecule has 352 valence electrons. The van der Waals surface area contributed by atoms with E-state index in [9.17, 15) is 48.7 Å². The number of halogens is 14. The zero-order valence-electron chi connectivity index (χ0n) is 34.0. The monoisotopic (exact) mass is 994 g/mol. The molecule has 2 aliphatic rings. The number of amides is 1. The number of nitrogens with zero attached hydrogens (tertiary/aromatic N) is 3. The van der Waals surface area contributed by atoms with E-state index in [1.54, 1.807) is 31.2 Å². The molecule has 0 bridgehead atoms. The first-order chi connectivity index (χ1) is 29.9. The molecule has 64 heavy (non-hydrogen) atoms. The number of benzene rings is 4. The third-order valence-electron chi connectivity index (χ3n) is 10.2. The Morgan fingerprint density at radius 1 is 0.625 bits per heavy atom. The van der Waals surface area contributed by atoms with Gasteiger partial charge >= 0.3 is 24.6 Å². The fraction of sp³-hybridized carbons (Fsp3) is 0.419. The Bertz CT molecular complexity index is 1940. The van der Waals surface area contributed by atoms with Crippen molar-refractivity contribution in [2.45, 2.75) is 68.8 Å². The highest BCUT2D eigenvalue weighted by molar-refractivity contribution is 6.31. The lowest BCUT2D eigenvalue weighted by atomic mass is 9.95. The Balaban J connectivity index is 0.000000254. The van der Waals surface area contributed by atoms with Crippen LogP contribution < -0.4 is 5.32 Å². The molecule has 4 aromatic rings. The number of carbonyl (C=O) groups is 1. The molecular weight excluding hydrogens is 952 g/mol. The van der Waals surface area contributed by atoms with Gasteiger partial charge in [-0.2, -0.15) is 39.5 Å². The normalized spacial score (nSPS) is 18.3. The van der Waals surface area contributed by atoms with Crippen molar-refractivity contribution in [3.05, 3.63) is 139 Å². The molecule has 2 fully saturated rings. The number of hydrogen-bond acceptors (Lipinski definition) is 6. The summed E-state index contributed by atoms with van der Waals surface area (Å²) in [5, 5.41) is 13.8. The van der Waals surface area contributed by atoms with E-state index in [4.69, 9.17) is 51.5 Å². The summed E-state index contributed by atoms with van der Waals surface area (Å²) in [6.07, 6.45) is -25.0. The lowest BCUT2D eigenvalue weighted by molar-refractivity contribution is -0.308. The highest BCUT2D eigenvalue weighted by Crippen LogP contribution is 2.38. The van der Waals surface area contributed by atoms with E-state index in [1.807, 2.05) is 53.4 Å². The Hall–Kier alpha value is -3.55. The van der Waals surface area contributed by atoms with Crippen LogP contribution in [-0.2, 0) is 4.74 Å². The molecule has 7 nitrogen and oxygen atoms in total. The van der Waals surface area contributed by atoms with Gasteiger partial charge < -0.3 is 20.1 Å². The maximum Gasteiger partial charge on any atom is 0.434 e. The van der Waals surface area contributed by atoms with Crippen LogP contribution in [0.15, 0.2) is 97.1 Å². The van der Waals surface area contributed by atoms with E-state index < -0.39 is 49.5 Å². The molecule has 0 spiro atoms. The van der Waals surface area contributed by atoms with Crippen LogP contribution in [0, 0.1) is 0 Å². The van der Waals surface area contributed by atoms with Crippen LogP contribution in [0.4, 0.5) is 48.7 Å². The van der Waals surface area contributed by atoms with Crippen molar-refractivity contribution < 1.29 is 58.5 Å². The van der Waals surface area contributed by atoms with E-state index in [0.717, 1.165) is 45.7 Å². The quantitative estimate of drug-likeness (QED) is 0.172. The van der Waals surface area contributed by atoms with E-state index in [2.05, 4.69) is 46.1 Å². The summed E-state index contributed by atoms with van der Waals surface area (Å²) in [5.41, 5.74) is 4.26. The number of piperazine rings is 2. The average molecular weight is 997 g/mol. The number of ether oxygens (including phenoxy) is 1. The molecule has 1 amide bonds. The molecule has 2 heterocycles. The summed E-state index contributed by atoms with van der Waals surface area (Å²) in [6, 6.07) is 30.5. The second-order valence-electron chi connectivity index (χ2n) is 14.9. The number of hydrogen-bond donors (Lipinski definition) is 2. The first-order valence-corrected chi connectivity index (χ1v) is 21.1. The van der Waals surface area contributed by atoms with Crippen molar-refractivity contribution in [2.24, 2.45) is 0 Å². The molecule has 6 rings (SSSR count). The first kappa shape index (κ1) is 53.1. The Morgan fingerprint density at radius 3 is 1.27 bits per heavy atom. The van der Waals surface area contributed by atoms with Crippen LogP contribution in [0.2, 0.25) is 20.1 Å². The lowest BCUT2D eigenvalue weighted by Gasteiger charge is -2.44. The standard InChI is InChI=1S/C22H20Cl2F6N2O2.C18H20Cl2N2.C3H4F4O/c1-13-12-31(20(33)34-19(21(25,26)27)22(28,29)30)10-11-32(13)18(14-2-6-16(23)7-3-14)15-4-8-17(24)9-5-15;1-13-12-21-10-11-22(13)18(14-2-6-16(19)7-3-14)15-4-8-17(20)9-5-15;4-1-2(8)3(5,6)7/h2-9,13,18-19H,10-12H2,1H3;2-9,13,18,21H,10-12H2,1H3;2,8H,1H2. The molecule has 2 saturated heterocycles. The summed E-state index contributed by atoms with van der Waals surface area (Å²) in [4.78, 5) is 17.6. The third kappa shape index (κ3) is 15.3. The molecule has 0 saturated carbocycles. The molecule has 2 aliphatic heterocycles. The average Bonchev–Trinajstić information content (AvgIpc) is 3.23. The minimum absolute atomic E-state index is 0.122. The van der Waals surface area contributed by atoms with Crippen LogP contribution in [0.3, 0.4) is 0 Å². The van der Waals surface area contributed by atoms with Crippen LogP contribution >= 0.6 is 46.4 Å². The number of rotatable bonds is 8. The fourth-order valence-corrected chi connectivity index (χ4v) is 7.58. The maximum atomic E-state index is 12.8. The van der Waals surface area contributed by atoms with Gasteiger partial charge in [0.05, 0.1) is 12.1 Å². The second kappa shape index (κ2) is 23.3. The van der Waals surface area contributed by atoms with Gasteiger partial charge in [0.2, 0.25) is 0 Å². The summed E-state index contributed by atoms with van der Waals surface area (Å²) in [6.45, 7) is 5.20. The number of aliphatic hydroxyl groups excluding tert-OH is 1. The largest absolute Gasteiger partial charge is 0.434 e. The number of nitrogens with one attached hydrogen (secondary N) is 1. The summed E-state index contributed by atoms with van der Waals surface area (Å²) < 4.78 is 124. The van der Waals surface area contributed by atoms with Gasteiger partial charge in [0.25, 0.3) is 6.10 Å². The van der Waals surface area contributed by atoms with Crippen molar-refractivity contribution in [1.82, 2.24) is 20.0 Å². The molecule has 0 aliphatic carbocycles. The second-order valence-corrected chi connectivity index (χ2v) is 16.6. The summed E-state index contributed by atoms with van der Waals surface area (Å²) in [7, 11) is 0. The number of carbonyl (C=O) groups excluding carboxylic acids is 1. The zero-order chi connectivity index (χ0) is 47.6. The molecule has 2 N–H and O–H groups in total. The summed E-state index contributed by atoms with van der Waals surface area (Å²) >= 11 is 24.1. The highest BCUT2D eigenvalue weighted by atomic mass is 35.5. The first-order valence-electron chi connectivity index (χ1n) is 19.5. The topological polar surface area (TPSA) is 68.3 Å². The van der Waals surface area contributed by atoms with E-state index in [-0.39, 0.29) is 31.7 Å². The van der Waals surface area contributed by atoms with E-state index in [0.29, 0.717) is 16.1 Å². The minimum Gasteiger partial charge on any atom is -0.426 e.